The Morgan fingerprint density at radius 2 is 1.92 bits per heavy atom. The Bertz CT molecular complexity index is 790. The summed E-state index contributed by atoms with van der Waals surface area (Å²) in [4.78, 5) is 25.4. The number of hydrogen-bond acceptors (Lipinski definition) is 3. The second kappa shape index (κ2) is 9.30. The summed E-state index contributed by atoms with van der Waals surface area (Å²) in [5.41, 5.74) is 2.04. The van der Waals surface area contributed by atoms with Crippen LogP contribution in [0.5, 0.6) is 0 Å². The fourth-order valence-corrected chi connectivity index (χ4v) is 2.84. The first-order valence-electron chi connectivity index (χ1n) is 8.65. The standard InChI is InChI=1S/C21H23ClN2O2/c1-3-15(2)13-20(26)24(11-12-25)19-10-9-17(22)14-18(19)21(23)16-7-5-4-6-8-16/h4-10,12,14-15,23H,3,11,13H2,1-2H3. The van der Waals surface area contributed by atoms with Crippen molar-refractivity contribution in [2.24, 2.45) is 5.92 Å². The quantitative estimate of drug-likeness (QED) is 0.539. The molecule has 0 radical (unpaired) electrons. The van der Waals surface area contributed by atoms with E-state index in [0.717, 1.165) is 12.0 Å². The van der Waals surface area contributed by atoms with Gasteiger partial charge in [0, 0.05) is 22.6 Å². The van der Waals surface area contributed by atoms with Crippen molar-refractivity contribution < 1.29 is 9.59 Å². The van der Waals surface area contributed by atoms with Gasteiger partial charge in [0.05, 0.1) is 17.9 Å². The van der Waals surface area contributed by atoms with Crippen molar-refractivity contribution >= 4 is 35.2 Å². The number of nitrogens with zero attached hydrogens (tertiary/aromatic N) is 1. The molecule has 1 unspecified atom stereocenters. The molecule has 0 saturated carbocycles. The van der Waals surface area contributed by atoms with Gasteiger partial charge < -0.3 is 9.69 Å². The number of halogens is 1. The smallest absolute Gasteiger partial charge is 0.227 e. The Hall–Kier alpha value is -2.46. The molecule has 1 N–H and O–H groups in total. The number of rotatable bonds is 8. The highest BCUT2D eigenvalue weighted by Crippen LogP contribution is 2.28. The first-order valence-corrected chi connectivity index (χ1v) is 9.03. The lowest BCUT2D eigenvalue weighted by atomic mass is 9.99. The molecule has 0 spiro atoms. The first kappa shape index (κ1) is 19.9. The average Bonchev–Trinajstić information content (AvgIpc) is 2.66. The Kier molecular flexibility index (Phi) is 7.10. The van der Waals surface area contributed by atoms with E-state index in [1.54, 1.807) is 18.2 Å². The zero-order valence-electron chi connectivity index (χ0n) is 15.0. The van der Waals surface area contributed by atoms with Crippen LogP contribution in [0.15, 0.2) is 48.5 Å². The third-order valence-corrected chi connectivity index (χ3v) is 4.59. The van der Waals surface area contributed by atoms with E-state index in [4.69, 9.17) is 17.0 Å². The summed E-state index contributed by atoms with van der Waals surface area (Å²) in [5, 5.41) is 9.04. The second-order valence-electron chi connectivity index (χ2n) is 6.29. The molecular weight excluding hydrogens is 348 g/mol. The van der Waals surface area contributed by atoms with Gasteiger partial charge in [0.1, 0.15) is 6.29 Å². The van der Waals surface area contributed by atoms with Crippen LogP contribution >= 0.6 is 11.6 Å². The predicted octanol–water partition coefficient (Wildman–Crippen LogP) is 4.72. The number of anilines is 1. The summed E-state index contributed by atoms with van der Waals surface area (Å²) in [7, 11) is 0. The molecule has 1 atom stereocenters. The maximum Gasteiger partial charge on any atom is 0.227 e. The minimum absolute atomic E-state index is 0.0496. The fraction of sp³-hybridized carbons (Fsp3) is 0.286. The van der Waals surface area contributed by atoms with E-state index < -0.39 is 0 Å². The van der Waals surface area contributed by atoms with Crippen molar-refractivity contribution in [3.05, 3.63) is 64.7 Å². The van der Waals surface area contributed by atoms with Gasteiger partial charge in [0.15, 0.2) is 0 Å². The van der Waals surface area contributed by atoms with Crippen molar-refractivity contribution in [1.29, 1.82) is 5.41 Å². The Morgan fingerprint density at radius 1 is 1.23 bits per heavy atom. The highest BCUT2D eigenvalue weighted by molar-refractivity contribution is 6.31. The van der Waals surface area contributed by atoms with Gasteiger partial charge >= 0.3 is 0 Å². The molecule has 0 aromatic heterocycles. The summed E-state index contributed by atoms with van der Waals surface area (Å²) < 4.78 is 0. The van der Waals surface area contributed by atoms with Crippen molar-refractivity contribution in [2.45, 2.75) is 26.7 Å². The highest BCUT2D eigenvalue weighted by Gasteiger charge is 2.22. The van der Waals surface area contributed by atoms with Gasteiger partial charge in [-0.1, -0.05) is 62.2 Å². The Morgan fingerprint density at radius 3 is 2.54 bits per heavy atom. The number of aldehydes is 1. The first-order chi connectivity index (χ1) is 12.5. The fourth-order valence-electron chi connectivity index (χ4n) is 2.67. The lowest BCUT2D eigenvalue weighted by Gasteiger charge is -2.25. The molecule has 0 saturated heterocycles. The molecule has 0 aliphatic rings. The highest BCUT2D eigenvalue weighted by atomic mass is 35.5. The maximum absolute atomic E-state index is 12.8. The van der Waals surface area contributed by atoms with Gasteiger partial charge in [-0.25, -0.2) is 0 Å². The zero-order valence-corrected chi connectivity index (χ0v) is 15.8. The maximum atomic E-state index is 12.8. The Labute approximate surface area is 159 Å². The summed E-state index contributed by atoms with van der Waals surface area (Å²) in [6.45, 7) is 3.98. The van der Waals surface area contributed by atoms with Crippen LogP contribution in [0.2, 0.25) is 5.02 Å². The molecular formula is C21H23ClN2O2. The molecule has 0 aliphatic carbocycles. The molecule has 2 aromatic rings. The molecule has 136 valence electrons. The summed E-state index contributed by atoms with van der Waals surface area (Å²) in [5.74, 6) is 0.0943. The third kappa shape index (κ3) is 4.79. The van der Waals surface area contributed by atoms with E-state index >= 15 is 0 Å². The zero-order chi connectivity index (χ0) is 19.1. The van der Waals surface area contributed by atoms with Crippen LogP contribution in [0, 0.1) is 11.3 Å². The molecule has 2 rings (SSSR count). The monoisotopic (exact) mass is 370 g/mol. The van der Waals surface area contributed by atoms with E-state index in [0.29, 0.717) is 29.0 Å². The predicted molar refractivity (Wildman–Crippen MR) is 106 cm³/mol. The van der Waals surface area contributed by atoms with Gasteiger partial charge in [-0.3, -0.25) is 10.2 Å². The van der Waals surface area contributed by atoms with Crippen LogP contribution in [0.3, 0.4) is 0 Å². The molecule has 0 fully saturated rings. The molecule has 0 aliphatic heterocycles. The number of amides is 1. The molecule has 0 bridgehead atoms. The number of carbonyl (C=O) groups excluding carboxylic acids is 2. The number of carbonyl (C=O) groups is 2. The number of hydrogen-bond donors (Lipinski definition) is 1. The lowest BCUT2D eigenvalue weighted by Crippen LogP contribution is -2.34. The van der Waals surface area contributed by atoms with Crippen LogP contribution in [0.4, 0.5) is 5.69 Å². The SMILES string of the molecule is CCC(C)CC(=O)N(CC=O)c1ccc(Cl)cc1C(=N)c1ccccc1. The summed E-state index contributed by atoms with van der Waals surface area (Å²) in [6.07, 6.45) is 1.94. The lowest BCUT2D eigenvalue weighted by molar-refractivity contribution is -0.120. The Balaban J connectivity index is 2.47. The summed E-state index contributed by atoms with van der Waals surface area (Å²) in [6, 6.07) is 14.3. The van der Waals surface area contributed by atoms with Gasteiger partial charge in [0.2, 0.25) is 5.91 Å². The molecule has 26 heavy (non-hydrogen) atoms. The van der Waals surface area contributed by atoms with E-state index in [9.17, 15) is 9.59 Å². The van der Waals surface area contributed by atoms with Crippen molar-refractivity contribution in [1.82, 2.24) is 0 Å². The second-order valence-corrected chi connectivity index (χ2v) is 6.73. The van der Waals surface area contributed by atoms with Crippen LogP contribution in [0.1, 0.15) is 37.8 Å². The van der Waals surface area contributed by atoms with Crippen molar-refractivity contribution in [3.63, 3.8) is 0 Å². The van der Waals surface area contributed by atoms with Gasteiger partial charge in [-0.05, 0) is 24.1 Å². The minimum atomic E-state index is -0.129. The van der Waals surface area contributed by atoms with E-state index in [2.05, 4.69) is 0 Å². The van der Waals surface area contributed by atoms with Gasteiger partial charge in [-0.15, -0.1) is 0 Å². The molecule has 5 heteroatoms. The van der Waals surface area contributed by atoms with E-state index in [1.165, 1.54) is 4.90 Å². The van der Waals surface area contributed by atoms with Crippen LogP contribution < -0.4 is 4.90 Å². The number of nitrogens with one attached hydrogen (secondary N) is 1. The van der Waals surface area contributed by atoms with Crippen molar-refractivity contribution in [3.8, 4) is 0 Å². The summed E-state index contributed by atoms with van der Waals surface area (Å²) >= 11 is 6.15. The van der Waals surface area contributed by atoms with Gasteiger partial charge in [0.25, 0.3) is 0 Å². The molecule has 0 heterocycles. The van der Waals surface area contributed by atoms with Gasteiger partial charge in [-0.2, -0.15) is 0 Å². The largest absolute Gasteiger partial charge is 0.305 e. The topological polar surface area (TPSA) is 61.2 Å². The molecule has 1 amide bonds. The number of benzene rings is 2. The van der Waals surface area contributed by atoms with Crippen LogP contribution in [-0.2, 0) is 9.59 Å². The molecule has 4 nitrogen and oxygen atoms in total. The minimum Gasteiger partial charge on any atom is -0.305 e. The van der Waals surface area contributed by atoms with Crippen LogP contribution in [0.25, 0.3) is 0 Å². The van der Waals surface area contributed by atoms with E-state index in [1.807, 2.05) is 44.2 Å². The molecule has 2 aromatic carbocycles. The third-order valence-electron chi connectivity index (χ3n) is 4.36. The average molecular weight is 371 g/mol. The normalized spacial score (nSPS) is 11.7. The van der Waals surface area contributed by atoms with Crippen LogP contribution in [-0.4, -0.2) is 24.4 Å². The van der Waals surface area contributed by atoms with E-state index in [-0.39, 0.29) is 24.1 Å². The van der Waals surface area contributed by atoms with Crippen molar-refractivity contribution in [2.75, 3.05) is 11.4 Å².